The van der Waals surface area contributed by atoms with Crippen LogP contribution in [-0.4, -0.2) is 11.9 Å². The standard InChI is InChI=1S/C13H19ClN2O/c1-3-12(16-13(17)7-9(2)15)10-5-4-6-11(14)8-10/h4-6,8-9,12H,3,7,15H2,1-2H3,(H,16,17). The van der Waals surface area contributed by atoms with E-state index in [9.17, 15) is 4.79 Å². The number of halogens is 1. The zero-order chi connectivity index (χ0) is 12.8. The first kappa shape index (κ1) is 14.0. The van der Waals surface area contributed by atoms with E-state index in [0.29, 0.717) is 11.4 Å². The minimum Gasteiger partial charge on any atom is -0.349 e. The molecule has 0 aliphatic carbocycles. The van der Waals surface area contributed by atoms with E-state index in [-0.39, 0.29) is 18.0 Å². The number of carbonyl (C=O) groups excluding carboxylic acids is 1. The van der Waals surface area contributed by atoms with Gasteiger partial charge in [-0.15, -0.1) is 0 Å². The van der Waals surface area contributed by atoms with E-state index in [4.69, 9.17) is 17.3 Å². The third-order valence-electron chi connectivity index (χ3n) is 2.50. The quantitative estimate of drug-likeness (QED) is 0.849. The van der Waals surface area contributed by atoms with Crippen LogP contribution in [0.1, 0.15) is 38.3 Å². The van der Waals surface area contributed by atoms with Crippen molar-refractivity contribution in [2.75, 3.05) is 0 Å². The molecule has 0 aliphatic heterocycles. The highest BCUT2D eigenvalue weighted by molar-refractivity contribution is 6.30. The highest BCUT2D eigenvalue weighted by Gasteiger charge is 2.13. The summed E-state index contributed by atoms with van der Waals surface area (Å²) in [6.45, 7) is 3.84. The molecule has 1 amide bonds. The molecular formula is C13H19ClN2O. The molecule has 0 bridgehead atoms. The number of hydrogen-bond donors (Lipinski definition) is 2. The van der Waals surface area contributed by atoms with Gasteiger partial charge in [0.05, 0.1) is 6.04 Å². The smallest absolute Gasteiger partial charge is 0.222 e. The molecule has 3 nitrogen and oxygen atoms in total. The van der Waals surface area contributed by atoms with Crippen molar-refractivity contribution in [2.45, 2.75) is 38.8 Å². The molecule has 2 unspecified atom stereocenters. The average molecular weight is 255 g/mol. The van der Waals surface area contributed by atoms with Crippen LogP contribution >= 0.6 is 11.6 Å². The first-order chi connectivity index (χ1) is 8.02. The Morgan fingerprint density at radius 2 is 2.24 bits per heavy atom. The first-order valence-corrected chi connectivity index (χ1v) is 6.21. The largest absolute Gasteiger partial charge is 0.349 e. The normalized spacial score (nSPS) is 14.1. The van der Waals surface area contributed by atoms with Gasteiger partial charge in [0, 0.05) is 17.5 Å². The molecule has 0 aromatic heterocycles. The molecule has 0 saturated carbocycles. The van der Waals surface area contributed by atoms with Gasteiger partial charge < -0.3 is 11.1 Å². The van der Waals surface area contributed by atoms with Crippen LogP contribution in [0.5, 0.6) is 0 Å². The Bertz CT molecular complexity index is 379. The molecule has 0 fully saturated rings. The lowest BCUT2D eigenvalue weighted by molar-refractivity contribution is -0.122. The van der Waals surface area contributed by atoms with Gasteiger partial charge in [0.2, 0.25) is 5.91 Å². The van der Waals surface area contributed by atoms with Crippen LogP contribution in [-0.2, 0) is 4.79 Å². The van der Waals surface area contributed by atoms with Crippen molar-refractivity contribution in [2.24, 2.45) is 5.73 Å². The summed E-state index contributed by atoms with van der Waals surface area (Å²) in [5.41, 5.74) is 6.62. The number of nitrogens with one attached hydrogen (secondary N) is 1. The summed E-state index contributed by atoms with van der Waals surface area (Å²) in [5.74, 6) is -0.0215. The maximum atomic E-state index is 11.7. The van der Waals surface area contributed by atoms with Crippen LogP contribution < -0.4 is 11.1 Å². The molecule has 17 heavy (non-hydrogen) atoms. The van der Waals surface area contributed by atoms with Crippen molar-refractivity contribution < 1.29 is 4.79 Å². The third-order valence-corrected chi connectivity index (χ3v) is 2.74. The lowest BCUT2D eigenvalue weighted by Crippen LogP contribution is -2.32. The third kappa shape index (κ3) is 4.75. The number of rotatable bonds is 5. The lowest BCUT2D eigenvalue weighted by atomic mass is 10.0. The minimum absolute atomic E-state index is 0.0000463. The van der Waals surface area contributed by atoms with Crippen molar-refractivity contribution >= 4 is 17.5 Å². The second-order valence-electron chi connectivity index (χ2n) is 4.26. The van der Waals surface area contributed by atoms with Crippen molar-refractivity contribution in [3.05, 3.63) is 34.9 Å². The number of nitrogens with two attached hydrogens (primary N) is 1. The molecule has 0 radical (unpaired) electrons. The van der Waals surface area contributed by atoms with E-state index in [1.165, 1.54) is 0 Å². The minimum atomic E-state index is -0.119. The number of hydrogen-bond acceptors (Lipinski definition) is 2. The van der Waals surface area contributed by atoms with Crippen molar-refractivity contribution in [1.29, 1.82) is 0 Å². The fraction of sp³-hybridized carbons (Fsp3) is 0.462. The molecule has 94 valence electrons. The summed E-state index contributed by atoms with van der Waals surface area (Å²) in [6, 6.07) is 7.43. The monoisotopic (exact) mass is 254 g/mol. The van der Waals surface area contributed by atoms with Crippen molar-refractivity contribution in [1.82, 2.24) is 5.32 Å². The molecule has 2 atom stereocenters. The van der Waals surface area contributed by atoms with Crippen molar-refractivity contribution in [3.8, 4) is 0 Å². The highest BCUT2D eigenvalue weighted by atomic mass is 35.5. The Hall–Kier alpha value is -1.06. The van der Waals surface area contributed by atoms with Crippen LogP contribution in [0.3, 0.4) is 0 Å². The molecule has 1 aromatic rings. The van der Waals surface area contributed by atoms with Crippen LogP contribution in [0.15, 0.2) is 24.3 Å². The first-order valence-electron chi connectivity index (χ1n) is 5.83. The van der Waals surface area contributed by atoms with Crippen LogP contribution in [0.2, 0.25) is 5.02 Å². The zero-order valence-corrected chi connectivity index (χ0v) is 11.0. The maximum Gasteiger partial charge on any atom is 0.222 e. The molecule has 0 spiro atoms. The molecule has 0 saturated heterocycles. The van der Waals surface area contributed by atoms with Gasteiger partial charge >= 0.3 is 0 Å². The summed E-state index contributed by atoms with van der Waals surface area (Å²) in [6.07, 6.45) is 1.17. The van der Waals surface area contributed by atoms with Gasteiger partial charge in [-0.25, -0.2) is 0 Å². The van der Waals surface area contributed by atoms with E-state index < -0.39 is 0 Å². The van der Waals surface area contributed by atoms with Crippen molar-refractivity contribution in [3.63, 3.8) is 0 Å². The highest BCUT2D eigenvalue weighted by Crippen LogP contribution is 2.20. The van der Waals surface area contributed by atoms with E-state index in [2.05, 4.69) is 5.32 Å². The fourth-order valence-corrected chi connectivity index (χ4v) is 1.89. The Morgan fingerprint density at radius 3 is 2.76 bits per heavy atom. The molecule has 3 N–H and O–H groups in total. The molecular weight excluding hydrogens is 236 g/mol. The molecule has 1 aromatic carbocycles. The van der Waals surface area contributed by atoms with E-state index >= 15 is 0 Å². The Labute approximate surface area is 107 Å². The van der Waals surface area contributed by atoms with E-state index in [0.717, 1.165) is 12.0 Å². The predicted molar refractivity (Wildman–Crippen MR) is 70.9 cm³/mol. The number of amides is 1. The molecule has 4 heteroatoms. The predicted octanol–water partition coefficient (Wildman–Crippen LogP) is 2.64. The number of carbonyl (C=O) groups is 1. The molecule has 0 aliphatic rings. The van der Waals surface area contributed by atoms with Gasteiger partial charge in [-0.1, -0.05) is 30.7 Å². The SMILES string of the molecule is CCC(NC(=O)CC(C)N)c1cccc(Cl)c1. The Morgan fingerprint density at radius 1 is 1.53 bits per heavy atom. The van der Waals surface area contributed by atoms with Gasteiger partial charge in [0.25, 0.3) is 0 Å². The lowest BCUT2D eigenvalue weighted by Gasteiger charge is -2.18. The zero-order valence-electron chi connectivity index (χ0n) is 10.2. The topological polar surface area (TPSA) is 55.1 Å². The average Bonchev–Trinajstić information content (AvgIpc) is 2.24. The molecule has 1 rings (SSSR count). The second kappa shape index (κ2) is 6.62. The summed E-state index contributed by atoms with van der Waals surface area (Å²) in [5, 5.41) is 3.65. The van der Waals surface area contributed by atoms with Gasteiger partial charge in [0.15, 0.2) is 0 Å². The Balaban J connectivity index is 2.69. The van der Waals surface area contributed by atoms with Crippen LogP contribution in [0.4, 0.5) is 0 Å². The van der Waals surface area contributed by atoms with Gasteiger partial charge in [-0.2, -0.15) is 0 Å². The fourth-order valence-electron chi connectivity index (χ4n) is 1.69. The maximum absolute atomic E-state index is 11.7. The summed E-state index contributed by atoms with van der Waals surface area (Å²) < 4.78 is 0. The van der Waals surface area contributed by atoms with Gasteiger partial charge in [0.1, 0.15) is 0 Å². The summed E-state index contributed by atoms with van der Waals surface area (Å²) in [7, 11) is 0. The van der Waals surface area contributed by atoms with E-state index in [1.807, 2.05) is 38.1 Å². The Kier molecular flexibility index (Phi) is 5.45. The summed E-state index contributed by atoms with van der Waals surface area (Å²) in [4.78, 5) is 11.7. The summed E-state index contributed by atoms with van der Waals surface area (Å²) >= 11 is 5.93. The number of benzene rings is 1. The van der Waals surface area contributed by atoms with Crippen LogP contribution in [0, 0.1) is 0 Å². The van der Waals surface area contributed by atoms with Gasteiger partial charge in [-0.3, -0.25) is 4.79 Å². The van der Waals surface area contributed by atoms with Gasteiger partial charge in [-0.05, 0) is 31.0 Å². The molecule has 0 heterocycles. The van der Waals surface area contributed by atoms with E-state index in [1.54, 1.807) is 0 Å². The van der Waals surface area contributed by atoms with Crippen LogP contribution in [0.25, 0.3) is 0 Å². The second-order valence-corrected chi connectivity index (χ2v) is 4.70.